The van der Waals surface area contributed by atoms with Gasteiger partial charge in [0.2, 0.25) is 11.8 Å². The monoisotopic (exact) mass is 386 g/mol. The van der Waals surface area contributed by atoms with Gasteiger partial charge in [-0.25, -0.2) is 0 Å². The molecule has 1 aliphatic rings. The minimum Gasteiger partial charge on any atom is -0.491 e. The fraction of sp³-hybridized carbons (Fsp3) is 0.429. The number of carbonyl (C=O) groups excluding carboxylic acids is 2. The molecule has 0 saturated heterocycles. The highest BCUT2D eigenvalue weighted by Crippen LogP contribution is 2.25. The van der Waals surface area contributed by atoms with Crippen LogP contribution in [0.3, 0.4) is 0 Å². The van der Waals surface area contributed by atoms with E-state index in [1.54, 1.807) is 11.3 Å². The van der Waals surface area contributed by atoms with Crippen molar-refractivity contribution in [1.82, 2.24) is 4.90 Å². The zero-order valence-corrected chi connectivity index (χ0v) is 16.9. The molecular formula is C21H26N2O3S. The summed E-state index contributed by atoms with van der Waals surface area (Å²) in [6, 6.07) is 7.68. The van der Waals surface area contributed by atoms with Crippen LogP contribution in [0.25, 0.3) is 0 Å². The predicted molar refractivity (Wildman–Crippen MR) is 108 cm³/mol. The Labute approximate surface area is 164 Å². The van der Waals surface area contributed by atoms with Crippen molar-refractivity contribution < 1.29 is 14.3 Å². The van der Waals surface area contributed by atoms with Gasteiger partial charge in [0.05, 0.1) is 6.10 Å². The molecule has 2 heterocycles. The third kappa shape index (κ3) is 5.10. The summed E-state index contributed by atoms with van der Waals surface area (Å²) in [5.74, 6) is 0.685. The number of nitrogens with zero attached hydrogens (tertiary/aromatic N) is 1. The summed E-state index contributed by atoms with van der Waals surface area (Å²) in [6.07, 6.45) is 1.44. The molecule has 1 aromatic carbocycles. The number of ether oxygens (including phenoxy) is 1. The molecule has 6 heteroatoms. The first-order chi connectivity index (χ1) is 12.9. The number of hydrogen-bond donors (Lipinski definition) is 1. The second-order valence-corrected chi connectivity index (χ2v) is 8.13. The Morgan fingerprint density at radius 2 is 2.07 bits per heavy atom. The summed E-state index contributed by atoms with van der Waals surface area (Å²) in [6.45, 7) is 7.29. The molecule has 5 nitrogen and oxygen atoms in total. The van der Waals surface area contributed by atoms with Gasteiger partial charge in [-0.15, -0.1) is 11.3 Å². The second kappa shape index (κ2) is 8.57. The van der Waals surface area contributed by atoms with Gasteiger partial charge in [-0.3, -0.25) is 9.59 Å². The molecule has 27 heavy (non-hydrogen) atoms. The van der Waals surface area contributed by atoms with Gasteiger partial charge in [-0.1, -0.05) is 0 Å². The Balaban J connectivity index is 1.49. The number of rotatable bonds is 6. The van der Waals surface area contributed by atoms with Crippen molar-refractivity contribution in [1.29, 1.82) is 0 Å². The summed E-state index contributed by atoms with van der Waals surface area (Å²) in [7, 11) is 0. The molecule has 0 bridgehead atoms. The molecule has 0 saturated carbocycles. The number of nitrogens with one attached hydrogen (secondary N) is 1. The minimum atomic E-state index is -0.141. The van der Waals surface area contributed by atoms with Crippen molar-refractivity contribution >= 4 is 28.8 Å². The first-order valence-electron chi connectivity index (χ1n) is 9.32. The topological polar surface area (TPSA) is 58.6 Å². The quantitative estimate of drug-likeness (QED) is 0.811. The van der Waals surface area contributed by atoms with Crippen molar-refractivity contribution in [3.63, 3.8) is 0 Å². The standard InChI is InChI=1S/C21H26N2O3S/c1-14(2)26-17-4-5-18(15(3)12-17)22-20(24)6-7-21(25)23-10-8-19-16(13-23)9-11-27-19/h4-5,9,11-12,14H,6-8,10,13H2,1-3H3,(H,22,24). The smallest absolute Gasteiger partial charge is 0.224 e. The molecule has 0 fully saturated rings. The molecule has 144 valence electrons. The van der Waals surface area contributed by atoms with E-state index < -0.39 is 0 Å². The lowest BCUT2D eigenvalue weighted by Gasteiger charge is -2.27. The van der Waals surface area contributed by atoms with E-state index in [-0.39, 0.29) is 30.8 Å². The van der Waals surface area contributed by atoms with E-state index >= 15 is 0 Å². The van der Waals surface area contributed by atoms with Gasteiger partial charge >= 0.3 is 0 Å². The van der Waals surface area contributed by atoms with Crippen molar-refractivity contribution in [2.24, 2.45) is 0 Å². The Morgan fingerprint density at radius 1 is 1.26 bits per heavy atom. The maximum Gasteiger partial charge on any atom is 0.224 e. The lowest BCUT2D eigenvalue weighted by atomic mass is 10.1. The van der Waals surface area contributed by atoms with Crippen molar-refractivity contribution in [3.8, 4) is 5.75 Å². The number of anilines is 1. The van der Waals surface area contributed by atoms with Crippen LogP contribution in [-0.2, 0) is 22.6 Å². The Morgan fingerprint density at radius 3 is 2.81 bits per heavy atom. The number of carbonyl (C=O) groups is 2. The molecular weight excluding hydrogens is 360 g/mol. The van der Waals surface area contributed by atoms with Gasteiger partial charge in [0.25, 0.3) is 0 Å². The van der Waals surface area contributed by atoms with E-state index in [0.717, 1.165) is 30.0 Å². The zero-order valence-electron chi connectivity index (χ0n) is 16.1. The summed E-state index contributed by atoms with van der Waals surface area (Å²) < 4.78 is 5.66. The summed E-state index contributed by atoms with van der Waals surface area (Å²) in [5, 5.41) is 4.97. The van der Waals surface area contributed by atoms with Gasteiger partial charge in [0.1, 0.15) is 5.75 Å². The molecule has 0 radical (unpaired) electrons. The number of aryl methyl sites for hydroxylation is 1. The minimum absolute atomic E-state index is 0.0411. The Kier molecular flexibility index (Phi) is 6.16. The summed E-state index contributed by atoms with van der Waals surface area (Å²) >= 11 is 1.75. The SMILES string of the molecule is Cc1cc(OC(C)C)ccc1NC(=O)CCC(=O)N1CCc2sccc2C1. The molecule has 2 amide bonds. The maximum absolute atomic E-state index is 12.4. The lowest BCUT2D eigenvalue weighted by molar-refractivity contribution is -0.133. The molecule has 1 aliphatic heterocycles. The molecule has 1 N–H and O–H groups in total. The van der Waals surface area contributed by atoms with Crippen LogP contribution in [0, 0.1) is 6.92 Å². The fourth-order valence-corrected chi connectivity index (χ4v) is 4.06. The van der Waals surface area contributed by atoms with Crippen LogP contribution in [0.4, 0.5) is 5.69 Å². The van der Waals surface area contributed by atoms with Gasteiger partial charge in [-0.05, 0) is 68.0 Å². The zero-order chi connectivity index (χ0) is 19.4. The number of fused-ring (bicyclic) bond motifs is 1. The highest BCUT2D eigenvalue weighted by atomic mass is 32.1. The Bertz CT molecular complexity index is 829. The number of thiophene rings is 1. The molecule has 0 atom stereocenters. The van der Waals surface area contributed by atoms with Crippen LogP contribution in [-0.4, -0.2) is 29.4 Å². The van der Waals surface area contributed by atoms with Gasteiger partial charge < -0.3 is 15.0 Å². The highest BCUT2D eigenvalue weighted by Gasteiger charge is 2.21. The van der Waals surface area contributed by atoms with Crippen LogP contribution >= 0.6 is 11.3 Å². The molecule has 1 aromatic heterocycles. The number of benzene rings is 1. The average Bonchev–Trinajstić information content (AvgIpc) is 3.09. The van der Waals surface area contributed by atoms with E-state index in [4.69, 9.17) is 4.74 Å². The van der Waals surface area contributed by atoms with Crippen molar-refractivity contribution in [2.45, 2.75) is 52.7 Å². The van der Waals surface area contributed by atoms with Crippen molar-refractivity contribution in [3.05, 3.63) is 45.6 Å². The predicted octanol–water partition coefficient (Wildman–Crippen LogP) is 4.15. The average molecular weight is 387 g/mol. The van der Waals surface area contributed by atoms with Crippen molar-refractivity contribution in [2.75, 3.05) is 11.9 Å². The van der Waals surface area contributed by atoms with E-state index in [9.17, 15) is 9.59 Å². The largest absolute Gasteiger partial charge is 0.491 e. The first-order valence-corrected chi connectivity index (χ1v) is 10.2. The van der Waals surface area contributed by atoms with Gasteiger partial charge in [0, 0.05) is 36.5 Å². The molecule has 3 rings (SSSR count). The first kappa shape index (κ1) is 19.4. The third-order valence-electron chi connectivity index (χ3n) is 4.57. The van der Waals surface area contributed by atoms with Crippen LogP contribution in [0.15, 0.2) is 29.6 Å². The maximum atomic E-state index is 12.4. The van der Waals surface area contributed by atoms with Crippen LogP contribution in [0.1, 0.15) is 42.7 Å². The highest BCUT2D eigenvalue weighted by molar-refractivity contribution is 7.10. The third-order valence-corrected chi connectivity index (χ3v) is 5.59. The molecule has 2 aromatic rings. The fourth-order valence-electron chi connectivity index (χ4n) is 3.17. The van der Waals surface area contributed by atoms with Crippen LogP contribution in [0.2, 0.25) is 0 Å². The van der Waals surface area contributed by atoms with E-state index in [1.165, 1.54) is 10.4 Å². The Hall–Kier alpha value is -2.34. The van der Waals surface area contributed by atoms with Crippen LogP contribution < -0.4 is 10.1 Å². The summed E-state index contributed by atoms with van der Waals surface area (Å²) in [5.41, 5.74) is 2.93. The van der Waals surface area contributed by atoms with E-state index in [2.05, 4.69) is 16.8 Å². The second-order valence-electron chi connectivity index (χ2n) is 7.13. The summed E-state index contributed by atoms with van der Waals surface area (Å²) in [4.78, 5) is 27.9. The van der Waals surface area contributed by atoms with E-state index in [0.29, 0.717) is 6.54 Å². The van der Waals surface area contributed by atoms with Crippen LogP contribution in [0.5, 0.6) is 5.75 Å². The van der Waals surface area contributed by atoms with E-state index in [1.807, 2.05) is 43.9 Å². The van der Waals surface area contributed by atoms with Gasteiger partial charge in [-0.2, -0.15) is 0 Å². The normalized spacial score (nSPS) is 13.4. The van der Waals surface area contributed by atoms with Gasteiger partial charge in [0.15, 0.2) is 0 Å². The molecule has 0 unspecified atom stereocenters. The molecule has 0 aliphatic carbocycles. The number of hydrogen-bond acceptors (Lipinski definition) is 4. The molecule has 0 spiro atoms. The number of amides is 2. The lowest BCUT2D eigenvalue weighted by Crippen LogP contribution is -2.35.